The van der Waals surface area contributed by atoms with E-state index >= 15 is 0 Å². The molecule has 0 saturated heterocycles. The zero-order chi connectivity index (χ0) is 20.2. The molecule has 0 atom stereocenters. The molecule has 1 aromatic rings. The van der Waals surface area contributed by atoms with E-state index in [4.69, 9.17) is 4.74 Å². The van der Waals surface area contributed by atoms with Crippen molar-refractivity contribution in [3.05, 3.63) is 24.3 Å². The fourth-order valence-corrected chi connectivity index (χ4v) is 2.12. The van der Waals surface area contributed by atoms with Crippen LogP contribution in [0.15, 0.2) is 24.3 Å². The number of carbonyl (C=O) groups is 4. The molecule has 0 bridgehead atoms. The minimum Gasteiger partial charge on any atom is -0.497 e. The molecule has 1 aromatic carbocycles. The van der Waals surface area contributed by atoms with Crippen LogP contribution in [0.4, 0.5) is 15.3 Å². The highest BCUT2D eigenvalue weighted by molar-refractivity contribution is 5.99. The van der Waals surface area contributed by atoms with Crippen LogP contribution in [0.3, 0.4) is 0 Å². The largest absolute Gasteiger partial charge is 0.497 e. The van der Waals surface area contributed by atoms with Gasteiger partial charge in [0, 0.05) is 18.8 Å². The molecule has 0 aliphatic carbocycles. The van der Waals surface area contributed by atoms with Crippen LogP contribution < -0.4 is 30.9 Å². The van der Waals surface area contributed by atoms with Gasteiger partial charge in [0.05, 0.1) is 20.2 Å². The van der Waals surface area contributed by atoms with Crippen molar-refractivity contribution in [2.45, 2.75) is 13.8 Å². The lowest BCUT2D eigenvalue weighted by atomic mass is 10.2. The van der Waals surface area contributed by atoms with E-state index in [0.717, 1.165) is 0 Å². The smallest absolute Gasteiger partial charge is 0.321 e. The fraction of sp³-hybridized carbons (Fsp3) is 0.412. The lowest BCUT2D eigenvalue weighted by Crippen LogP contribution is -2.48. The van der Waals surface area contributed by atoms with E-state index in [1.54, 1.807) is 38.1 Å². The van der Waals surface area contributed by atoms with Crippen molar-refractivity contribution in [3.8, 4) is 5.75 Å². The third-order valence-electron chi connectivity index (χ3n) is 3.29. The zero-order valence-electron chi connectivity index (χ0n) is 15.6. The molecule has 10 heteroatoms. The number of nitrogens with zero attached hydrogens (tertiary/aromatic N) is 1. The van der Waals surface area contributed by atoms with E-state index in [1.807, 2.05) is 0 Å². The summed E-state index contributed by atoms with van der Waals surface area (Å²) in [6.07, 6.45) is 0. The van der Waals surface area contributed by atoms with Gasteiger partial charge in [-0.3, -0.25) is 20.2 Å². The second-order valence-electron chi connectivity index (χ2n) is 5.37. The van der Waals surface area contributed by atoms with Crippen LogP contribution >= 0.6 is 0 Å². The Balaban J connectivity index is 2.84. The number of amides is 6. The average Bonchev–Trinajstić information content (AvgIpc) is 2.61. The van der Waals surface area contributed by atoms with Gasteiger partial charge in [-0.1, -0.05) is 0 Å². The number of imide groups is 2. The van der Waals surface area contributed by atoms with E-state index in [9.17, 15) is 19.2 Å². The van der Waals surface area contributed by atoms with Crippen molar-refractivity contribution >= 4 is 29.6 Å². The maximum Gasteiger partial charge on any atom is 0.321 e. The predicted molar refractivity (Wildman–Crippen MR) is 99.6 cm³/mol. The van der Waals surface area contributed by atoms with Gasteiger partial charge in [0.15, 0.2) is 0 Å². The number of hydrogen-bond donors (Lipinski definition) is 4. The molecule has 4 N–H and O–H groups in total. The van der Waals surface area contributed by atoms with E-state index < -0.39 is 23.9 Å². The first-order valence-corrected chi connectivity index (χ1v) is 8.43. The number of rotatable bonds is 8. The summed E-state index contributed by atoms with van der Waals surface area (Å²) in [4.78, 5) is 48.6. The van der Waals surface area contributed by atoms with E-state index in [2.05, 4.69) is 21.3 Å². The minimum atomic E-state index is -0.621. The molecule has 0 aliphatic heterocycles. The van der Waals surface area contributed by atoms with Crippen LogP contribution in [0.1, 0.15) is 13.8 Å². The van der Waals surface area contributed by atoms with Gasteiger partial charge in [-0.2, -0.15) is 0 Å². The monoisotopic (exact) mass is 379 g/mol. The van der Waals surface area contributed by atoms with Gasteiger partial charge in [-0.15, -0.1) is 0 Å². The number of benzene rings is 1. The van der Waals surface area contributed by atoms with Crippen LogP contribution in [0, 0.1) is 0 Å². The molecule has 0 aliphatic rings. The van der Waals surface area contributed by atoms with Gasteiger partial charge in [0.25, 0.3) is 0 Å². The van der Waals surface area contributed by atoms with Gasteiger partial charge in [0.2, 0.25) is 11.8 Å². The molecule has 6 amide bonds. The van der Waals surface area contributed by atoms with Crippen LogP contribution in [-0.4, -0.2) is 57.2 Å². The highest BCUT2D eigenvalue weighted by atomic mass is 16.5. The summed E-state index contributed by atoms with van der Waals surface area (Å²) in [5, 5.41) is 9.24. The van der Waals surface area contributed by atoms with Crippen LogP contribution in [0.2, 0.25) is 0 Å². The van der Waals surface area contributed by atoms with Gasteiger partial charge in [-0.25, -0.2) is 9.59 Å². The van der Waals surface area contributed by atoms with Gasteiger partial charge < -0.3 is 20.3 Å². The number of ether oxygens (including phenoxy) is 1. The quantitative estimate of drug-likeness (QED) is 0.510. The first-order chi connectivity index (χ1) is 12.9. The van der Waals surface area contributed by atoms with E-state index in [1.165, 1.54) is 12.0 Å². The second kappa shape index (κ2) is 11.3. The Kier molecular flexibility index (Phi) is 9.13. The molecule has 0 aromatic heterocycles. The molecule has 0 fully saturated rings. The molecular weight excluding hydrogens is 354 g/mol. The van der Waals surface area contributed by atoms with Crippen molar-refractivity contribution < 1.29 is 23.9 Å². The Morgan fingerprint density at radius 1 is 0.852 bits per heavy atom. The summed E-state index contributed by atoms with van der Waals surface area (Å²) in [5.41, 5.74) is 0.549. The van der Waals surface area contributed by atoms with Crippen molar-refractivity contribution in [2.75, 3.05) is 38.2 Å². The average molecular weight is 379 g/mol. The minimum absolute atomic E-state index is 0.258. The maximum absolute atomic E-state index is 12.1. The third-order valence-corrected chi connectivity index (χ3v) is 3.29. The molecule has 0 saturated carbocycles. The lowest BCUT2D eigenvalue weighted by molar-refractivity contribution is -0.119. The Morgan fingerprint density at radius 3 is 1.67 bits per heavy atom. The highest BCUT2D eigenvalue weighted by Crippen LogP contribution is 2.18. The van der Waals surface area contributed by atoms with Gasteiger partial charge in [0.1, 0.15) is 5.75 Å². The topological polar surface area (TPSA) is 129 Å². The lowest BCUT2D eigenvalue weighted by Gasteiger charge is -2.23. The third kappa shape index (κ3) is 8.08. The second-order valence-corrected chi connectivity index (χ2v) is 5.37. The summed E-state index contributed by atoms with van der Waals surface area (Å²) < 4.78 is 5.09. The molecule has 148 valence electrons. The number of methoxy groups -OCH3 is 1. The zero-order valence-corrected chi connectivity index (χ0v) is 15.6. The molecule has 1 rings (SSSR count). The summed E-state index contributed by atoms with van der Waals surface area (Å²) in [6.45, 7) is 3.67. The van der Waals surface area contributed by atoms with Crippen molar-refractivity contribution in [2.24, 2.45) is 0 Å². The summed E-state index contributed by atoms with van der Waals surface area (Å²) >= 11 is 0. The summed E-state index contributed by atoms with van der Waals surface area (Å²) in [7, 11) is 1.52. The molecule has 10 nitrogen and oxygen atoms in total. The molecule has 0 radical (unpaired) electrons. The number of nitrogens with one attached hydrogen (secondary N) is 4. The Hall–Kier alpha value is -3.30. The fourth-order valence-electron chi connectivity index (χ4n) is 2.12. The standard InChI is InChI=1S/C17H25N5O5/c1-4-18-16(25)20-14(23)10-22(11-15(24)21-17(26)19-5-2)12-6-8-13(27-3)9-7-12/h6-9H,4-5,10-11H2,1-3H3,(H2,18,20,23,25)(H2,19,21,24,26). The molecule has 0 unspecified atom stereocenters. The first-order valence-electron chi connectivity index (χ1n) is 8.43. The molecular formula is C17H25N5O5. The van der Waals surface area contributed by atoms with E-state index in [0.29, 0.717) is 24.5 Å². The summed E-state index contributed by atoms with van der Waals surface area (Å²) in [6, 6.07) is 5.43. The summed E-state index contributed by atoms with van der Waals surface area (Å²) in [5.74, 6) is -0.581. The Bertz CT molecular complexity index is 628. The highest BCUT2D eigenvalue weighted by Gasteiger charge is 2.18. The molecule has 0 heterocycles. The first kappa shape index (κ1) is 21.7. The van der Waals surface area contributed by atoms with Crippen molar-refractivity contribution in [3.63, 3.8) is 0 Å². The van der Waals surface area contributed by atoms with Gasteiger partial charge >= 0.3 is 12.1 Å². The predicted octanol–water partition coefficient (Wildman–Crippen LogP) is 0.193. The van der Waals surface area contributed by atoms with Crippen molar-refractivity contribution in [1.82, 2.24) is 21.3 Å². The van der Waals surface area contributed by atoms with Crippen molar-refractivity contribution in [1.29, 1.82) is 0 Å². The number of carbonyl (C=O) groups excluding carboxylic acids is 4. The normalized spacial score (nSPS) is 9.74. The molecule has 27 heavy (non-hydrogen) atoms. The number of hydrogen-bond acceptors (Lipinski definition) is 6. The van der Waals surface area contributed by atoms with Crippen LogP contribution in [-0.2, 0) is 9.59 Å². The Labute approximate surface area is 157 Å². The Morgan fingerprint density at radius 2 is 1.30 bits per heavy atom. The van der Waals surface area contributed by atoms with Crippen LogP contribution in [0.25, 0.3) is 0 Å². The molecule has 0 spiro atoms. The van der Waals surface area contributed by atoms with E-state index in [-0.39, 0.29) is 13.1 Å². The SMILES string of the molecule is CCNC(=O)NC(=O)CN(CC(=O)NC(=O)NCC)c1ccc(OC)cc1. The number of urea groups is 2. The van der Waals surface area contributed by atoms with Crippen LogP contribution in [0.5, 0.6) is 5.75 Å². The maximum atomic E-state index is 12.1. The number of anilines is 1. The van der Waals surface area contributed by atoms with Gasteiger partial charge in [-0.05, 0) is 38.1 Å².